The maximum absolute atomic E-state index is 11.5. The molecule has 0 atom stereocenters. The van der Waals surface area contributed by atoms with Crippen molar-refractivity contribution in [2.24, 2.45) is 5.41 Å². The molecular formula is C16H20BrNO2. The second-order valence-corrected chi connectivity index (χ2v) is 6.41. The molecule has 0 saturated heterocycles. The molecule has 0 saturated carbocycles. The molecule has 0 unspecified atom stereocenters. The van der Waals surface area contributed by atoms with E-state index in [1.54, 1.807) is 6.07 Å². The van der Waals surface area contributed by atoms with Crippen molar-refractivity contribution in [3.05, 3.63) is 28.2 Å². The van der Waals surface area contributed by atoms with Gasteiger partial charge in [-0.1, -0.05) is 15.9 Å². The molecule has 0 aliphatic carbocycles. The van der Waals surface area contributed by atoms with Gasteiger partial charge in [-0.3, -0.25) is 4.79 Å². The van der Waals surface area contributed by atoms with E-state index in [2.05, 4.69) is 22.0 Å². The van der Waals surface area contributed by atoms with Gasteiger partial charge in [0.25, 0.3) is 0 Å². The highest BCUT2D eigenvalue weighted by Gasteiger charge is 2.15. The highest BCUT2D eigenvalue weighted by atomic mass is 79.9. The maximum atomic E-state index is 11.5. The minimum atomic E-state index is -0.277. The molecule has 1 aromatic rings. The fourth-order valence-corrected chi connectivity index (χ4v) is 2.15. The summed E-state index contributed by atoms with van der Waals surface area (Å²) < 4.78 is 6.59. The number of hydrogen-bond acceptors (Lipinski definition) is 3. The van der Waals surface area contributed by atoms with Crippen molar-refractivity contribution < 1.29 is 9.53 Å². The van der Waals surface area contributed by atoms with Gasteiger partial charge in [-0.15, -0.1) is 0 Å². The van der Waals surface area contributed by atoms with Gasteiger partial charge in [0.15, 0.2) is 5.78 Å². The van der Waals surface area contributed by atoms with E-state index in [0.717, 1.165) is 23.7 Å². The predicted octanol–water partition coefficient (Wildman–Crippen LogP) is 4.75. The smallest absolute Gasteiger partial charge is 0.163 e. The number of halogens is 1. The first-order valence-corrected chi connectivity index (χ1v) is 7.49. The van der Waals surface area contributed by atoms with Crippen LogP contribution in [0.5, 0.6) is 5.75 Å². The maximum Gasteiger partial charge on any atom is 0.163 e. The molecule has 1 rings (SSSR count). The van der Waals surface area contributed by atoms with Gasteiger partial charge >= 0.3 is 0 Å². The molecular weight excluding hydrogens is 318 g/mol. The fraction of sp³-hybridized carbons (Fsp3) is 0.500. The standard InChI is InChI=1S/C16H20BrNO2/c1-12(19)14-7-6-13(17)10-15(14)20-9-5-4-8-16(2,3)11-18/h6-7,10H,4-5,8-9H2,1-3H3. The number of nitrogens with zero attached hydrogens (tertiary/aromatic N) is 1. The van der Waals surface area contributed by atoms with Crippen LogP contribution in [0.2, 0.25) is 0 Å². The molecule has 20 heavy (non-hydrogen) atoms. The van der Waals surface area contributed by atoms with Crippen LogP contribution in [0, 0.1) is 16.7 Å². The van der Waals surface area contributed by atoms with Crippen molar-refractivity contribution in [3.8, 4) is 11.8 Å². The van der Waals surface area contributed by atoms with Crippen molar-refractivity contribution in [2.45, 2.75) is 40.0 Å². The highest BCUT2D eigenvalue weighted by Crippen LogP contribution is 2.25. The normalized spacial score (nSPS) is 10.9. The van der Waals surface area contributed by atoms with Crippen LogP contribution in [0.25, 0.3) is 0 Å². The molecule has 0 amide bonds. The summed E-state index contributed by atoms with van der Waals surface area (Å²) in [7, 11) is 0. The average Bonchev–Trinajstić information content (AvgIpc) is 2.38. The molecule has 0 aromatic heterocycles. The molecule has 4 heteroatoms. The zero-order valence-corrected chi connectivity index (χ0v) is 13.8. The first-order chi connectivity index (χ1) is 9.35. The summed E-state index contributed by atoms with van der Waals surface area (Å²) in [5.74, 6) is 0.615. The molecule has 0 bridgehead atoms. The Morgan fingerprint density at radius 1 is 1.40 bits per heavy atom. The summed E-state index contributed by atoms with van der Waals surface area (Å²) in [6, 6.07) is 7.70. The third-order valence-corrected chi connectivity index (χ3v) is 3.57. The predicted molar refractivity (Wildman–Crippen MR) is 82.9 cm³/mol. The van der Waals surface area contributed by atoms with Gasteiger partial charge in [-0.25, -0.2) is 0 Å². The van der Waals surface area contributed by atoms with Crippen LogP contribution in [0.4, 0.5) is 0 Å². The van der Waals surface area contributed by atoms with E-state index < -0.39 is 0 Å². The molecule has 108 valence electrons. The quantitative estimate of drug-likeness (QED) is 0.532. The number of carbonyl (C=O) groups excluding carboxylic acids is 1. The minimum absolute atomic E-state index is 0.00175. The van der Waals surface area contributed by atoms with Crippen LogP contribution in [-0.4, -0.2) is 12.4 Å². The first kappa shape index (κ1) is 16.7. The van der Waals surface area contributed by atoms with E-state index in [1.807, 2.05) is 26.0 Å². The molecule has 0 aliphatic rings. The van der Waals surface area contributed by atoms with E-state index >= 15 is 0 Å². The molecule has 1 aromatic carbocycles. The minimum Gasteiger partial charge on any atom is -0.493 e. The van der Waals surface area contributed by atoms with Gasteiger partial charge in [0, 0.05) is 4.47 Å². The van der Waals surface area contributed by atoms with E-state index in [4.69, 9.17) is 10.00 Å². The zero-order chi connectivity index (χ0) is 15.2. The Balaban J connectivity index is 2.49. The molecule has 0 aliphatic heterocycles. The number of benzene rings is 1. The Labute approximate surface area is 129 Å². The van der Waals surface area contributed by atoms with Crippen molar-refractivity contribution in [1.82, 2.24) is 0 Å². The third-order valence-electron chi connectivity index (χ3n) is 3.08. The Morgan fingerprint density at radius 2 is 2.10 bits per heavy atom. The largest absolute Gasteiger partial charge is 0.493 e. The van der Waals surface area contributed by atoms with Gasteiger partial charge in [0.05, 0.1) is 23.7 Å². The molecule has 0 N–H and O–H groups in total. The number of hydrogen-bond donors (Lipinski definition) is 0. The third kappa shape index (κ3) is 5.34. The lowest BCUT2D eigenvalue weighted by Crippen LogP contribution is -2.09. The highest BCUT2D eigenvalue weighted by molar-refractivity contribution is 9.10. The summed E-state index contributed by atoms with van der Waals surface area (Å²) >= 11 is 3.38. The number of ketones is 1. The summed E-state index contributed by atoms with van der Waals surface area (Å²) in [6.07, 6.45) is 2.66. The topological polar surface area (TPSA) is 50.1 Å². The van der Waals surface area contributed by atoms with Crippen LogP contribution in [0.1, 0.15) is 50.4 Å². The Hall–Kier alpha value is -1.34. The molecule has 3 nitrogen and oxygen atoms in total. The fourth-order valence-electron chi connectivity index (χ4n) is 1.81. The number of ether oxygens (including phenoxy) is 1. The van der Waals surface area contributed by atoms with E-state index in [9.17, 15) is 4.79 Å². The number of Topliss-reactive ketones (excluding diaryl/α,β-unsaturated/α-hetero) is 1. The van der Waals surface area contributed by atoms with Crippen molar-refractivity contribution >= 4 is 21.7 Å². The number of nitriles is 1. The number of rotatable bonds is 7. The Kier molecular flexibility index (Phi) is 6.22. The summed E-state index contributed by atoms with van der Waals surface area (Å²) in [5.41, 5.74) is 0.325. The van der Waals surface area contributed by atoms with E-state index in [0.29, 0.717) is 17.9 Å². The van der Waals surface area contributed by atoms with E-state index in [1.165, 1.54) is 6.92 Å². The zero-order valence-electron chi connectivity index (χ0n) is 12.2. The van der Waals surface area contributed by atoms with Gasteiger partial charge in [0.2, 0.25) is 0 Å². The van der Waals surface area contributed by atoms with Crippen molar-refractivity contribution in [3.63, 3.8) is 0 Å². The molecule has 0 radical (unpaired) electrons. The van der Waals surface area contributed by atoms with Crippen LogP contribution < -0.4 is 4.74 Å². The molecule has 0 heterocycles. The monoisotopic (exact) mass is 337 g/mol. The van der Waals surface area contributed by atoms with E-state index in [-0.39, 0.29) is 11.2 Å². The summed E-state index contributed by atoms with van der Waals surface area (Å²) in [4.78, 5) is 11.5. The van der Waals surface area contributed by atoms with Gasteiger partial charge < -0.3 is 4.74 Å². The second-order valence-electron chi connectivity index (χ2n) is 5.50. The van der Waals surface area contributed by atoms with Gasteiger partial charge in [-0.2, -0.15) is 5.26 Å². The van der Waals surface area contributed by atoms with Gasteiger partial charge in [-0.05, 0) is 58.2 Å². The average molecular weight is 338 g/mol. The van der Waals surface area contributed by atoms with Gasteiger partial charge in [0.1, 0.15) is 5.75 Å². The van der Waals surface area contributed by atoms with Crippen molar-refractivity contribution in [1.29, 1.82) is 5.26 Å². The lowest BCUT2D eigenvalue weighted by molar-refractivity contribution is 0.101. The molecule has 0 fully saturated rings. The Bertz CT molecular complexity index is 518. The van der Waals surface area contributed by atoms with Crippen molar-refractivity contribution in [2.75, 3.05) is 6.61 Å². The number of carbonyl (C=O) groups is 1. The lowest BCUT2D eigenvalue weighted by Gasteiger charge is -2.15. The van der Waals surface area contributed by atoms with Crippen LogP contribution in [0.3, 0.4) is 0 Å². The lowest BCUT2D eigenvalue weighted by atomic mass is 9.89. The SMILES string of the molecule is CC(=O)c1ccc(Br)cc1OCCCCC(C)(C)C#N. The first-order valence-electron chi connectivity index (χ1n) is 6.70. The van der Waals surface area contributed by atoms with Crippen LogP contribution in [0.15, 0.2) is 22.7 Å². The summed E-state index contributed by atoms with van der Waals surface area (Å²) in [6.45, 7) is 5.97. The van der Waals surface area contributed by atoms with Crippen LogP contribution in [-0.2, 0) is 0 Å². The summed E-state index contributed by atoms with van der Waals surface area (Å²) in [5, 5.41) is 8.93. The van der Waals surface area contributed by atoms with Crippen LogP contribution >= 0.6 is 15.9 Å². The number of unbranched alkanes of at least 4 members (excludes halogenated alkanes) is 1. The Morgan fingerprint density at radius 3 is 2.70 bits per heavy atom. The second kappa shape index (κ2) is 7.44. The molecule has 0 spiro atoms.